The lowest BCUT2D eigenvalue weighted by atomic mass is 10.2. The van der Waals surface area contributed by atoms with Crippen molar-refractivity contribution in [2.24, 2.45) is 0 Å². The number of nitrogens with one attached hydrogen (secondary N) is 1. The SMILES string of the molecule is C[C@@H](OC(=O)c1cccc(F)c1)C(=O)Nc1cccc(C(F)(F)F)c1. The van der Waals surface area contributed by atoms with Crippen molar-refractivity contribution in [1.82, 2.24) is 0 Å². The molecule has 0 spiro atoms. The summed E-state index contributed by atoms with van der Waals surface area (Å²) < 4.78 is 55.9. The molecule has 0 aliphatic carbocycles. The molecule has 0 saturated carbocycles. The monoisotopic (exact) mass is 355 g/mol. The number of alkyl halides is 3. The van der Waals surface area contributed by atoms with Crippen LogP contribution in [0.4, 0.5) is 23.2 Å². The third kappa shape index (κ3) is 5.03. The van der Waals surface area contributed by atoms with Gasteiger partial charge in [0.15, 0.2) is 6.10 Å². The number of anilines is 1. The van der Waals surface area contributed by atoms with Crippen LogP contribution in [0.5, 0.6) is 0 Å². The molecular formula is C17H13F4NO3. The molecule has 1 N–H and O–H groups in total. The third-order valence-electron chi connectivity index (χ3n) is 3.17. The highest BCUT2D eigenvalue weighted by Gasteiger charge is 2.30. The zero-order chi connectivity index (χ0) is 18.6. The minimum Gasteiger partial charge on any atom is -0.449 e. The zero-order valence-corrected chi connectivity index (χ0v) is 12.9. The lowest BCUT2D eigenvalue weighted by Gasteiger charge is -2.14. The van der Waals surface area contributed by atoms with Gasteiger partial charge in [0, 0.05) is 5.69 Å². The fourth-order valence-electron chi connectivity index (χ4n) is 1.91. The lowest BCUT2D eigenvalue weighted by molar-refractivity contribution is -0.137. The summed E-state index contributed by atoms with van der Waals surface area (Å²) in [5.41, 5.74) is -1.10. The van der Waals surface area contributed by atoms with Gasteiger partial charge in [0.2, 0.25) is 0 Å². The number of amides is 1. The van der Waals surface area contributed by atoms with E-state index in [1.54, 1.807) is 0 Å². The summed E-state index contributed by atoms with van der Waals surface area (Å²) in [4.78, 5) is 23.8. The van der Waals surface area contributed by atoms with Crippen molar-refractivity contribution in [1.29, 1.82) is 0 Å². The van der Waals surface area contributed by atoms with Crippen LogP contribution in [-0.4, -0.2) is 18.0 Å². The van der Waals surface area contributed by atoms with E-state index in [9.17, 15) is 27.2 Å². The predicted octanol–water partition coefficient (Wildman–Crippen LogP) is 4.03. The molecule has 4 nitrogen and oxygen atoms in total. The number of ether oxygens (including phenoxy) is 1. The molecule has 2 aromatic carbocycles. The highest BCUT2D eigenvalue weighted by molar-refractivity contribution is 5.97. The Kier molecular flexibility index (Phi) is 5.41. The Balaban J connectivity index is 2.02. The number of benzene rings is 2. The Morgan fingerprint density at radius 2 is 1.76 bits per heavy atom. The molecule has 0 bridgehead atoms. The number of hydrogen-bond acceptors (Lipinski definition) is 3. The Labute approximate surface area is 140 Å². The van der Waals surface area contributed by atoms with Crippen LogP contribution in [0, 0.1) is 5.82 Å². The Morgan fingerprint density at radius 3 is 2.40 bits per heavy atom. The van der Waals surface area contributed by atoms with E-state index in [4.69, 9.17) is 4.74 Å². The molecule has 1 amide bonds. The molecule has 8 heteroatoms. The lowest BCUT2D eigenvalue weighted by Crippen LogP contribution is -2.30. The van der Waals surface area contributed by atoms with Crippen molar-refractivity contribution in [3.05, 3.63) is 65.5 Å². The quantitative estimate of drug-likeness (QED) is 0.666. The van der Waals surface area contributed by atoms with Crippen molar-refractivity contribution in [3.63, 3.8) is 0 Å². The number of rotatable bonds is 4. The number of halogens is 4. The molecule has 0 radical (unpaired) electrons. The van der Waals surface area contributed by atoms with Gasteiger partial charge in [-0.15, -0.1) is 0 Å². The molecule has 25 heavy (non-hydrogen) atoms. The highest BCUT2D eigenvalue weighted by Crippen LogP contribution is 2.30. The van der Waals surface area contributed by atoms with Crippen molar-refractivity contribution in [2.45, 2.75) is 19.2 Å². The second-order valence-corrected chi connectivity index (χ2v) is 5.13. The normalized spacial score (nSPS) is 12.4. The fraction of sp³-hybridized carbons (Fsp3) is 0.176. The van der Waals surface area contributed by atoms with Crippen LogP contribution in [0.3, 0.4) is 0 Å². The maximum absolute atomic E-state index is 13.1. The van der Waals surface area contributed by atoms with Crippen LogP contribution in [-0.2, 0) is 15.7 Å². The van der Waals surface area contributed by atoms with Crippen molar-refractivity contribution in [3.8, 4) is 0 Å². The molecule has 0 saturated heterocycles. The van der Waals surface area contributed by atoms with Gasteiger partial charge in [-0.2, -0.15) is 13.2 Å². The smallest absolute Gasteiger partial charge is 0.416 e. The minimum atomic E-state index is -4.55. The molecule has 1 atom stereocenters. The Hall–Kier alpha value is -2.90. The summed E-state index contributed by atoms with van der Waals surface area (Å²) in [6, 6.07) is 8.74. The van der Waals surface area contributed by atoms with Gasteiger partial charge in [0.1, 0.15) is 5.82 Å². The largest absolute Gasteiger partial charge is 0.449 e. The molecule has 0 unspecified atom stereocenters. The van der Waals surface area contributed by atoms with E-state index < -0.39 is 35.5 Å². The molecule has 132 valence electrons. The first-order chi connectivity index (χ1) is 11.7. The van der Waals surface area contributed by atoms with E-state index in [1.165, 1.54) is 25.1 Å². The highest BCUT2D eigenvalue weighted by atomic mass is 19.4. The average Bonchev–Trinajstić information content (AvgIpc) is 2.54. The van der Waals surface area contributed by atoms with E-state index in [0.717, 1.165) is 30.3 Å². The van der Waals surface area contributed by atoms with Gasteiger partial charge >= 0.3 is 12.1 Å². The minimum absolute atomic E-state index is 0.0845. The summed E-state index contributed by atoms with van der Waals surface area (Å²) >= 11 is 0. The second-order valence-electron chi connectivity index (χ2n) is 5.13. The summed E-state index contributed by atoms with van der Waals surface area (Å²) in [7, 11) is 0. The molecule has 0 aromatic heterocycles. The van der Waals surface area contributed by atoms with Gasteiger partial charge in [-0.1, -0.05) is 12.1 Å². The molecule has 0 aliphatic heterocycles. The maximum Gasteiger partial charge on any atom is 0.416 e. The van der Waals surface area contributed by atoms with Crippen LogP contribution in [0.1, 0.15) is 22.8 Å². The maximum atomic E-state index is 13.1. The number of esters is 1. The number of carbonyl (C=O) groups excluding carboxylic acids is 2. The molecule has 2 aromatic rings. The fourth-order valence-corrected chi connectivity index (χ4v) is 1.91. The van der Waals surface area contributed by atoms with Crippen LogP contribution >= 0.6 is 0 Å². The first kappa shape index (κ1) is 18.4. The first-order valence-electron chi connectivity index (χ1n) is 7.11. The summed E-state index contributed by atoms with van der Waals surface area (Å²) in [5, 5.41) is 2.23. The first-order valence-corrected chi connectivity index (χ1v) is 7.11. The van der Waals surface area contributed by atoms with E-state index in [0.29, 0.717) is 0 Å². The van der Waals surface area contributed by atoms with Crippen molar-refractivity contribution in [2.75, 3.05) is 5.32 Å². The topological polar surface area (TPSA) is 55.4 Å². The summed E-state index contributed by atoms with van der Waals surface area (Å²) in [6.07, 6.45) is -5.83. The van der Waals surface area contributed by atoms with E-state index in [1.807, 2.05) is 0 Å². The van der Waals surface area contributed by atoms with Crippen molar-refractivity contribution >= 4 is 17.6 Å². The number of carbonyl (C=O) groups is 2. The Bertz CT molecular complexity index is 789. The van der Waals surface area contributed by atoms with Gasteiger partial charge in [-0.05, 0) is 43.3 Å². The summed E-state index contributed by atoms with van der Waals surface area (Å²) in [5.74, 6) is -2.38. The zero-order valence-electron chi connectivity index (χ0n) is 12.9. The van der Waals surface area contributed by atoms with E-state index in [2.05, 4.69) is 5.32 Å². The summed E-state index contributed by atoms with van der Waals surface area (Å²) in [6.45, 7) is 1.25. The van der Waals surface area contributed by atoms with Crippen LogP contribution in [0.2, 0.25) is 0 Å². The molecule has 2 rings (SSSR count). The van der Waals surface area contributed by atoms with Crippen LogP contribution in [0.15, 0.2) is 48.5 Å². The average molecular weight is 355 g/mol. The molecule has 0 fully saturated rings. The van der Waals surface area contributed by atoms with Gasteiger partial charge in [-0.3, -0.25) is 4.79 Å². The van der Waals surface area contributed by atoms with Crippen molar-refractivity contribution < 1.29 is 31.9 Å². The van der Waals surface area contributed by atoms with Gasteiger partial charge < -0.3 is 10.1 Å². The molecule has 0 heterocycles. The second kappa shape index (κ2) is 7.33. The standard InChI is InChI=1S/C17H13F4NO3/c1-10(25-16(24)11-4-2-6-13(18)8-11)15(23)22-14-7-3-5-12(9-14)17(19,20)21/h2-10H,1H3,(H,22,23)/t10-/m1/s1. The predicted molar refractivity (Wildman–Crippen MR) is 81.4 cm³/mol. The van der Waals surface area contributed by atoms with Crippen LogP contribution < -0.4 is 5.32 Å². The molecular weight excluding hydrogens is 342 g/mol. The third-order valence-corrected chi connectivity index (χ3v) is 3.17. The van der Waals surface area contributed by atoms with Gasteiger partial charge in [-0.25, -0.2) is 9.18 Å². The number of hydrogen-bond donors (Lipinski definition) is 1. The van der Waals surface area contributed by atoms with Crippen LogP contribution in [0.25, 0.3) is 0 Å². The van der Waals surface area contributed by atoms with Gasteiger partial charge in [0.25, 0.3) is 5.91 Å². The molecule has 0 aliphatic rings. The van der Waals surface area contributed by atoms with Gasteiger partial charge in [0.05, 0.1) is 11.1 Å². The van der Waals surface area contributed by atoms with E-state index >= 15 is 0 Å². The van der Waals surface area contributed by atoms with E-state index in [-0.39, 0.29) is 11.3 Å². The Morgan fingerprint density at radius 1 is 1.08 bits per heavy atom.